The monoisotopic (exact) mass is 242 g/mol. The zero-order chi connectivity index (χ0) is 12.1. The average Bonchev–Trinajstić information content (AvgIpc) is 2.75. The van der Waals surface area contributed by atoms with Gasteiger partial charge in [0.25, 0.3) is 0 Å². The maximum Gasteiger partial charge on any atom is 0.312 e. The number of carbonyl (C=O) groups excluding carboxylic acids is 1. The second kappa shape index (κ2) is 5.69. The molecule has 2 aliphatic rings. The number of ether oxygens (including phenoxy) is 2. The highest BCUT2D eigenvalue weighted by Gasteiger charge is 2.39. The first-order valence-electron chi connectivity index (χ1n) is 6.51. The summed E-state index contributed by atoms with van der Waals surface area (Å²) >= 11 is 0. The zero-order valence-corrected chi connectivity index (χ0v) is 10.2. The Bertz CT molecular complexity index is 254. The van der Waals surface area contributed by atoms with Gasteiger partial charge in [-0.1, -0.05) is 0 Å². The lowest BCUT2D eigenvalue weighted by Crippen LogP contribution is -2.35. The number of urea groups is 1. The molecule has 0 aromatic rings. The van der Waals surface area contributed by atoms with Crippen molar-refractivity contribution in [2.24, 2.45) is 11.7 Å². The van der Waals surface area contributed by atoms with Crippen molar-refractivity contribution < 1.29 is 14.3 Å². The number of hydrogen-bond donors (Lipinski definition) is 2. The van der Waals surface area contributed by atoms with Crippen LogP contribution in [-0.4, -0.2) is 31.6 Å². The molecule has 1 heterocycles. The molecule has 0 aromatic carbocycles. The van der Waals surface area contributed by atoms with Gasteiger partial charge >= 0.3 is 6.03 Å². The highest BCUT2D eigenvalue weighted by molar-refractivity contribution is 5.71. The van der Waals surface area contributed by atoms with E-state index in [9.17, 15) is 4.79 Å². The van der Waals surface area contributed by atoms with Gasteiger partial charge in [0.15, 0.2) is 5.79 Å². The van der Waals surface area contributed by atoms with E-state index in [4.69, 9.17) is 15.2 Å². The van der Waals surface area contributed by atoms with Crippen LogP contribution in [0, 0.1) is 5.92 Å². The van der Waals surface area contributed by atoms with Crippen molar-refractivity contribution in [3.05, 3.63) is 0 Å². The molecule has 1 aliphatic heterocycles. The van der Waals surface area contributed by atoms with Gasteiger partial charge in [-0.25, -0.2) is 4.79 Å². The molecule has 5 nitrogen and oxygen atoms in total. The summed E-state index contributed by atoms with van der Waals surface area (Å²) in [5.74, 6) is 0.491. The number of nitrogens with two attached hydrogens (primary N) is 1. The molecule has 2 rings (SSSR count). The molecular weight excluding hydrogens is 220 g/mol. The summed E-state index contributed by atoms with van der Waals surface area (Å²) in [4.78, 5) is 10.5. The van der Waals surface area contributed by atoms with E-state index in [0.29, 0.717) is 6.54 Å². The van der Waals surface area contributed by atoms with Gasteiger partial charge < -0.3 is 20.5 Å². The largest absolute Gasteiger partial charge is 0.352 e. The summed E-state index contributed by atoms with van der Waals surface area (Å²) in [6, 6.07) is -0.430. The Labute approximate surface area is 102 Å². The van der Waals surface area contributed by atoms with Gasteiger partial charge in [-0.05, 0) is 31.6 Å². The maximum absolute atomic E-state index is 10.5. The van der Waals surface area contributed by atoms with Gasteiger partial charge in [0.2, 0.25) is 0 Å². The van der Waals surface area contributed by atoms with Gasteiger partial charge in [-0.15, -0.1) is 0 Å². The van der Waals surface area contributed by atoms with Crippen molar-refractivity contribution in [2.45, 2.75) is 44.3 Å². The quantitative estimate of drug-likeness (QED) is 0.731. The molecule has 3 N–H and O–H groups in total. The third kappa shape index (κ3) is 3.57. The van der Waals surface area contributed by atoms with Crippen molar-refractivity contribution in [1.29, 1.82) is 0 Å². The van der Waals surface area contributed by atoms with E-state index in [0.717, 1.165) is 57.7 Å². The van der Waals surface area contributed by atoms with Crippen LogP contribution >= 0.6 is 0 Å². The van der Waals surface area contributed by atoms with Crippen molar-refractivity contribution in [2.75, 3.05) is 19.8 Å². The summed E-state index contributed by atoms with van der Waals surface area (Å²) in [6.07, 6.45) is 6.51. The lowest BCUT2D eigenvalue weighted by Gasteiger charge is -2.35. The fourth-order valence-corrected chi connectivity index (χ4v) is 2.79. The predicted molar refractivity (Wildman–Crippen MR) is 63.4 cm³/mol. The molecule has 2 amide bonds. The highest BCUT2D eigenvalue weighted by Crippen LogP contribution is 2.39. The van der Waals surface area contributed by atoms with Crippen LogP contribution in [0.1, 0.15) is 38.5 Å². The van der Waals surface area contributed by atoms with Gasteiger partial charge in [0, 0.05) is 19.4 Å². The zero-order valence-electron chi connectivity index (χ0n) is 10.2. The second-order valence-electron chi connectivity index (χ2n) is 4.98. The predicted octanol–water partition coefficient (Wildman–Crippen LogP) is 1.37. The van der Waals surface area contributed by atoms with E-state index < -0.39 is 6.03 Å². The molecule has 0 radical (unpaired) electrons. The molecule has 0 bridgehead atoms. The number of nitrogens with one attached hydrogen (secondary N) is 1. The fourth-order valence-electron chi connectivity index (χ4n) is 2.79. The van der Waals surface area contributed by atoms with Gasteiger partial charge in [-0.2, -0.15) is 0 Å². The van der Waals surface area contributed by atoms with Crippen LogP contribution < -0.4 is 11.1 Å². The highest BCUT2D eigenvalue weighted by atomic mass is 16.7. The third-order valence-electron chi connectivity index (χ3n) is 3.77. The van der Waals surface area contributed by atoms with E-state index in [1.54, 1.807) is 0 Å². The van der Waals surface area contributed by atoms with Crippen LogP contribution in [0.2, 0.25) is 0 Å². The lowest BCUT2D eigenvalue weighted by molar-refractivity contribution is -0.182. The van der Waals surface area contributed by atoms with E-state index in [2.05, 4.69) is 5.32 Å². The molecule has 17 heavy (non-hydrogen) atoms. The molecule has 1 saturated heterocycles. The normalized spacial score (nSPS) is 24.0. The van der Waals surface area contributed by atoms with E-state index in [1.165, 1.54) is 0 Å². The van der Waals surface area contributed by atoms with Crippen LogP contribution in [0.4, 0.5) is 4.79 Å². The van der Waals surface area contributed by atoms with E-state index >= 15 is 0 Å². The molecule has 1 aliphatic carbocycles. The summed E-state index contributed by atoms with van der Waals surface area (Å²) in [7, 11) is 0. The van der Waals surface area contributed by atoms with Crippen LogP contribution in [0.3, 0.4) is 0 Å². The fraction of sp³-hybridized carbons (Fsp3) is 0.917. The molecular formula is C12H22N2O3. The third-order valence-corrected chi connectivity index (χ3v) is 3.77. The Kier molecular flexibility index (Phi) is 4.23. The van der Waals surface area contributed by atoms with E-state index in [1.807, 2.05) is 0 Å². The Morgan fingerprint density at radius 3 is 2.53 bits per heavy atom. The topological polar surface area (TPSA) is 73.6 Å². The number of hydrogen-bond acceptors (Lipinski definition) is 3. The molecule has 1 saturated carbocycles. The molecule has 1 spiro atoms. The molecule has 2 fully saturated rings. The molecule has 5 heteroatoms. The standard InChI is InChI=1S/C12H22N2O3/c13-11(15)14-7-1-2-10-3-5-12(6-4-10)16-8-9-17-12/h10H,1-9H2,(H3,13,14,15). The van der Waals surface area contributed by atoms with Crippen molar-refractivity contribution >= 4 is 6.03 Å². The van der Waals surface area contributed by atoms with Crippen molar-refractivity contribution in [1.82, 2.24) is 5.32 Å². The minimum absolute atomic E-state index is 0.248. The smallest absolute Gasteiger partial charge is 0.312 e. The van der Waals surface area contributed by atoms with Crippen molar-refractivity contribution in [3.63, 3.8) is 0 Å². The lowest BCUT2D eigenvalue weighted by atomic mass is 9.82. The summed E-state index contributed by atoms with van der Waals surface area (Å²) in [5.41, 5.74) is 5.01. The Morgan fingerprint density at radius 1 is 1.29 bits per heavy atom. The van der Waals surface area contributed by atoms with Crippen LogP contribution in [0.25, 0.3) is 0 Å². The Hall–Kier alpha value is -0.810. The van der Waals surface area contributed by atoms with Gasteiger partial charge in [0.1, 0.15) is 0 Å². The number of primary amides is 1. The van der Waals surface area contributed by atoms with Crippen molar-refractivity contribution in [3.8, 4) is 0 Å². The molecule has 0 unspecified atom stereocenters. The summed E-state index contributed by atoms with van der Waals surface area (Å²) < 4.78 is 11.4. The number of amides is 2. The van der Waals surface area contributed by atoms with Gasteiger partial charge in [0.05, 0.1) is 13.2 Å². The average molecular weight is 242 g/mol. The number of carbonyl (C=O) groups is 1. The van der Waals surface area contributed by atoms with Gasteiger partial charge in [-0.3, -0.25) is 0 Å². The summed E-state index contributed by atoms with van der Waals surface area (Å²) in [5, 5.41) is 2.62. The van der Waals surface area contributed by atoms with Crippen LogP contribution in [0.15, 0.2) is 0 Å². The summed E-state index contributed by atoms with van der Waals surface area (Å²) in [6.45, 7) is 2.17. The minimum Gasteiger partial charge on any atom is -0.352 e. The first-order valence-corrected chi connectivity index (χ1v) is 6.51. The molecule has 98 valence electrons. The molecule has 0 atom stereocenters. The number of rotatable bonds is 4. The van der Waals surface area contributed by atoms with Crippen LogP contribution in [-0.2, 0) is 9.47 Å². The first-order chi connectivity index (χ1) is 8.20. The minimum atomic E-state index is -0.430. The Balaban J connectivity index is 1.60. The van der Waals surface area contributed by atoms with E-state index in [-0.39, 0.29) is 5.79 Å². The molecule has 0 aromatic heterocycles. The first kappa shape index (κ1) is 12.6. The van der Waals surface area contributed by atoms with Crippen LogP contribution in [0.5, 0.6) is 0 Å². The second-order valence-corrected chi connectivity index (χ2v) is 4.98. The maximum atomic E-state index is 10.5. The Morgan fingerprint density at radius 2 is 1.94 bits per heavy atom. The SMILES string of the molecule is NC(=O)NCCCC1CCC2(CC1)OCCO2.